The molecule has 0 radical (unpaired) electrons. The fourth-order valence-electron chi connectivity index (χ4n) is 1.03. The Labute approximate surface area is 92.4 Å². The summed E-state index contributed by atoms with van der Waals surface area (Å²) in [5.74, 6) is -1.10. The van der Waals surface area contributed by atoms with E-state index in [2.05, 4.69) is 5.32 Å². The lowest BCUT2D eigenvalue weighted by Crippen LogP contribution is -2.38. The van der Waals surface area contributed by atoms with Crippen LogP contribution in [-0.2, 0) is 0 Å². The summed E-state index contributed by atoms with van der Waals surface area (Å²) < 4.78 is 13.2. The number of hydrogen-bond acceptors (Lipinski definition) is 2. The van der Waals surface area contributed by atoms with Gasteiger partial charge in [-0.15, -0.1) is 0 Å². The zero-order chi connectivity index (χ0) is 11.4. The Morgan fingerprint density at radius 1 is 1.67 bits per heavy atom. The Hall–Kier alpha value is -1.13. The van der Waals surface area contributed by atoms with Gasteiger partial charge in [-0.05, 0) is 25.1 Å². The summed E-state index contributed by atoms with van der Waals surface area (Å²) in [6.07, 6.45) is 0. The molecule has 0 fully saturated rings. The number of carbonyl (C=O) groups excluding carboxylic acids is 1. The van der Waals surface area contributed by atoms with Crippen molar-refractivity contribution in [1.82, 2.24) is 5.32 Å². The largest absolute Gasteiger partial charge is 0.348 e. The highest BCUT2D eigenvalue weighted by molar-refractivity contribution is 6.30. The zero-order valence-corrected chi connectivity index (χ0v) is 9.01. The third kappa shape index (κ3) is 3.18. The fraction of sp³-hybridized carbons (Fsp3) is 0.300. The molecule has 1 aromatic carbocycles. The summed E-state index contributed by atoms with van der Waals surface area (Å²) in [6, 6.07) is 3.63. The van der Waals surface area contributed by atoms with E-state index < -0.39 is 11.7 Å². The van der Waals surface area contributed by atoms with Gasteiger partial charge in [0.2, 0.25) is 0 Å². The van der Waals surface area contributed by atoms with Crippen molar-refractivity contribution in [3.63, 3.8) is 0 Å². The van der Waals surface area contributed by atoms with E-state index in [-0.39, 0.29) is 11.6 Å². The van der Waals surface area contributed by atoms with Crippen molar-refractivity contribution >= 4 is 17.5 Å². The van der Waals surface area contributed by atoms with Crippen LogP contribution in [0.25, 0.3) is 0 Å². The van der Waals surface area contributed by atoms with Crippen LogP contribution in [0.2, 0.25) is 5.02 Å². The minimum Gasteiger partial charge on any atom is -0.348 e. The fourth-order valence-corrected chi connectivity index (χ4v) is 1.20. The molecule has 82 valence electrons. The molecule has 0 saturated carbocycles. The quantitative estimate of drug-likeness (QED) is 0.828. The van der Waals surface area contributed by atoms with Crippen molar-refractivity contribution < 1.29 is 9.18 Å². The number of nitrogens with two attached hydrogens (primary N) is 1. The molecule has 0 bridgehead atoms. The topological polar surface area (TPSA) is 55.1 Å². The van der Waals surface area contributed by atoms with Crippen LogP contribution in [0.3, 0.4) is 0 Å². The van der Waals surface area contributed by atoms with Crippen molar-refractivity contribution in [1.29, 1.82) is 0 Å². The van der Waals surface area contributed by atoms with Gasteiger partial charge in [0.25, 0.3) is 5.91 Å². The molecule has 5 heteroatoms. The first kappa shape index (κ1) is 11.9. The molecule has 0 heterocycles. The first-order valence-electron chi connectivity index (χ1n) is 4.50. The second kappa shape index (κ2) is 5.09. The van der Waals surface area contributed by atoms with Crippen LogP contribution in [0, 0.1) is 5.82 Å². The summed E-state index contributed by atoms with van der Waals surface area (Å²) in [6.45, 7) is 2.04. The molecule has 0 aliphatic heterocycles. The molecule has 0 aromatic heterocycles. The van der Waals surface area contributed by atoms with Crippen molar-refractivity contribution in [2.45, 2.75) is 13.0 Å². The number of rotatable bonds is 3. The Kier molecular flexibility index (Phi) is 4.05. The van der Waals surface area contributed by atoms with Gasteiger partial charge in [0.05, 0.1) is 5.56 Å². The van der Waals surface area contributed by atoms with Crippen LogP contribution in [0.5, 0.6) is 0 Å². The van der Waals surface area contributed by atoms with E-state index in [1.54, 1.807) is 6.92 Å². The normalized spacial score (nSPS) is 12.3. The minimum atomic E-state index is -0.596. The van der Waals surface area contributed by atoms with Gasteiger partial charge in [0, 0.05) is 17.6 Å². The van der Waals surface area contributed by atoms with Crippen LogP contribution in [0.15, 0.2) is 18.2 Å². The maximum absolute atomic E-state index is 13.2. The number of benzene rings is 1. The molecule has 1 rings (SSSR count). The number of carbonyl (C=O) groups is 1. The summed E-state index contributed by atoms with van der Waals surface area (Å²) in [5, 5.41) is 2.87. The lowest BCUT2D eigenvalue weighted by Gasteiger charge is -2.11. The molecular weight excluding hydrogens is 219 g/mol. The molecular formula is C10H12ClFN2O. The predicted octanol–water partition coefficient (Wildman–Crippen LogP) is 1.56. The molecule has 1 aromatic rings. The maximum atomic E-state index is 13.2. The maximum Gasteiger partial charge on any atom is 0.254 e. The molecule has 3 N–H and O–H groups in total. The van der Waals surface area contributed by atoms with Crippen molar-refractivity contribution in [3.05, 3.63) is 34.6 Å². The molecule has 3 nitrogen and oxygen atoms in total. The molecule has 0 unspecified atom stereocenters. The highest BCUT2D eigenvalue weighted by Crippen LogP contribution is 2.14. The van der Waals surface area contributed by atoms with Crippen LogP contribution >= 0.6 is 11.6 Å². The predicted molar refractivity (Wildman–Crippen MR) is 57.4 cm³/mol. The minimum absolute atomic E-state index is 0.0669. The van der Waals surface area contributed by atoms with E-state index in [0.29, 0.717) is 11.6 Å². The lowest BCUT2D eigenvalue weighted by atomic mass is 10.2. The van der Waals surface area contributed by atoms with Crippen molar-refractivity contribution in [3.8, 4) is 0 Å². The van der Waals surface area contributed by atoms with Crippen LogP contribution in [-0.4, -0.2) is 18.5 Å². The van der Waals surface area contributed by atoms with Crippen molar-refractivity contribution in [2.24, 2.45) is 5.73 Å². The van der Waals surface area contributed by atoms with Gasteiger partial charge < -0.3 is 11.1 Å². The first-order valence-corrected chi connectivity index (χ1v) is 4.88. The average molecular weight is 231 g/mol. The number of hydrogen-bond donors (Lipinski definition) is 2. The Morgan fingerprint density at radius 2 is 2.33 bits per heavy atom. The highest BCUT2D eigenvalue weighted by Gasteiger charge is 2.13. The van der Waals surface area contributed by atoms with Gasteiger partial charge in [-0.1, -0.05) is 11.6 Å². The van der Waals surface area contributed by atoms with E-state index in [4.69, 9.17) is 17.3 Å². The highest BCUT2D eigenvalue weighted by atomic mass is 35.5. The third-order valence-corrected chi connectivity index (χ3v) is 2.14. The summed E-state index contributed by atoms with van der Waals surface area (Å²) in [5.41, 5.74) is 5.26. The van der Waals surface area contributed by atoms with E-state index in [9.17, 15) is 9.18 Å². The molecule has 0 aliphatic carbocycles. The first-order chi connectivity index (χ1) is 7.04. The molecule has 0 aliphatic rings. The molecule has 15 heavy (non-hydrogen) atoms. The Bertz CT molecular complexity index is 370. The second-order valence-electron chi connectivity index (χ2n) is 3.23. The van der Waals surface area contributed by atoms with Crippen LogP contribution in [0.1, 0.15) is 17.3 Å². The van der Waals surface area contributed by atoms with Crippen LogP contribution in [0.4, 0.5) is 4.39 Å². The Balaban J connectivity index is 2.86. The second-order valence-corrected chi connectivity index (χ2v) is 3.67. The number of nitrogens with one attached hydrogen (secondary N) is 1. The summed E-state index contributed by atoms with van der Waals surface area (Å²) in [7, 11) is 0. The monoisotopic (exact) mass is 230 g/mol. The summed E-state index contributed by atoms with van der Waals surface area (Å²) >= 11 is 5.66. The van der Waals surface area contributed by atoms with Gasteiger partial charge in [-0.3, -0.25) is 4.79 Å². The number of halogens is 2. The van der Waals surface area contributed by atoms with Gasteiger partial charge in [0.15, 0.2) is 0 Å². The average Bonchev–Trinajstić information content (AvgIpc) is 2.21. The van der Waals surface area contributed by atoms with Gasteiger partial charge in [-0.25, -0.2) is 4.39 Å². The van der Waals surface area contributed by atoms with Crippen molar-refractivity contribution in [2.75, 3.05) is 6.54 Å². The van der Waals surface area contributed by atoms with E-state index in [1.807, 2.05) is 0 Å². The summed E-state index contributed by atoms with van der Waals surface area (Å²) in [4.78, 5) is 11.5. The molecule has 1 atom stereocenters. The van der Waals surface area contributed by atoms with E-state index in [0.717, 1.165) is 6.07 Å². The van der Waals surface area contributed by atoms with Gasteiger partial charge in [-0.2, -0.15) is 0 Å². The third-order valence-electron chi connectivity index (χ3n) is 1.90. The standard InChI is InChI=1S/C10H12ClFN2O/c1-6(5-13)14-10(15)8-4-7(11)2-3-9(8)12/h2-4,6H,5,13H2,1H3,(H,14,15)/t6-/m1/s1. The van der Waals surface area contributed by atoms with Gasteiger partial charge >= 0.3 is 0 Å². The number of amides is 1. The molecule has 0 saturated heterocycles. The van der Waals surface area contributed by atoms with Crippen LogP contribution < -0.4 is 11.1 Å². The lowest BCUT2D eigenvalue weighted by molar-refractivity contribution is 0.0937. The van der Waals surface area contributed by atoms with Gasteiger partial charge in [0.1, 0.15) is 5.82 Å². The Morgan fingerprint density at radius 3 is 2.93 bits per heavy atom. The smallest absolute Gasteiger partial charge is 0.254 e. The molecule has 0 spiro atoms. The molecule has 1 amide bonds. The zero-order valence-electron chi connectivity index (χ0n) is 8.26. The SMILES string of the molecule is C[C@H](CN)NC(=O)c1cc(Cl)ccc1F. The van der Waals surface area contributed by atoms with E-state index in [1.165, 1.54) is 12.1 Å². The van der Waals surface area contributed by atoms with E-state index >= 15 is 0 Å².